The molecule has 0 aliphatic rings. The number of rotatable bonds is 2. The maximum Gasteiger partial charge on any atom is 0.255 e. The predicted molar refractivity (Wildman–Crippen MR) is 75.0 cm³/mol. The van der Waals surface area contributed by atoms with Gasteiger partial charge in [-0.3, -0.25) is 4.79 Å². The van der Waals surface area contributed by atoms with Gasteiger partial charge in [0.1, 0.15) is 5.82 Å². The Hall–Kier alpha value is -2.16. The Labute approximate surface area is 112 Å². The Morgan fingerprint density at radius 2 is 1.63 bits per heavy atom. The van der Waals surface area contributed by atoms with Gasteiger partial charge in [0.25, 0.3) is 5.91 Å². The van der Waals surface area contributed by atoms with Crippen LogP contribution in [0.5, 0.6) is 0 Å². The first-order chi connectivity index (χ1) is 8.97. The first-order valence-corrected chi connectivity index (χ1v) is 6.12. The van der Waals surface area contributed by atoms with Crippen LogP contribution in [0.25, 0.3) is 0 Å². The molecule has 2 nitrogen and oxygen atoms in total. The number of hydrogen-bond acceptors (Lipinski definition) is 1. The van der Waals surface area contributed by atoms with Gasteiger partial charge in [-0.2, -0.15) is 0 Å². The fourth-order valence-corrected chi connectivity index (χ4v) is 1.76. The molecule has 0 saturated heterocycles. The average molecular weight is 257 g/mol. The van der Waals surface area contributed by atoms with Crippen LogP contribution in [-0.4, -0.2) is 5.91 Å². The molecular formula is C16H16FNO. The minimum Gasteiger partial charge on any atom is -0.322 e. The van der Waals surface area contributed by atoms with E-state index in [0.717, 1.165) is 11.1 Å². The highest BCUT2D eigenvalue weighted by Gasteiger charge is 2.08. The standard InChI is InChI=1S/C16H16FNO/c1-10-4-6-13(8-12(10)3)16(19)18-14-7-5-11(2)15(17)9-14/h4-9H,1-3H3,(H,18,19). The molecule has 0 aliphatic carbocycles. The first-order valence-electron chi connectivity index (χ1n) is 6.12. The molecule has 0 atom stereocenters. The second kappa shape index (κ2) is 5.22. The Morgan fingerprint density at radius 3 is 2.26 bits per heavy atom. The van der Waals surface area contributed by atoms with Crippen molar-refractivity contribution in [2.45, 2.75) is 20.8 Å². The van der Waals surface area contributed by atoms with Crippen LogP contribution in [0.1, 0.15) is 27.0 Å². The third-order valence-electron chi connectivity index (χ3n) is 3.20. The highest BCUT2D eigenvalue weighted by molar-refractivity contribution is 6.04. The predicted octanol–water partition coefficient (Wildman–Crippen LogP) is 4.00. The largest absolute Gasteiger partial charge is 0.322 e. The van der Waals surface area contributed by atoms with Crippen molar-refractivity contribution in [2.24, 2.45) is 0 Å². The topological polar surface area (TPSA) is 29.1 Å². The zero-order valence-electron chi connectivity index (χ0n) is 11.3. The lowest BCUT2D eigenvalue weighted by Crippen LogP contribution is -2.12. The van der Waals surface area contributed by atoms with Gasteiger partial charge in [0.05, 0.1) is 0 Å². The van der Waals surface area contributed by atoms with E-state index in [-0.39, 0.29) is 11.7 Å². The molecule has 0 radical (unpaired) electrons. The van der Waals surface area contributed by atoms with Gasteiger partial charge in [0.15, 0.2) is 0 Å². The number of carbonyl (C=O) groups is 1. The number of nitrogens with one attached hydrogen (secondary N) is 1. The normalized spacial score (nSPS) is 10.3. The van der Waals surface area contributed by atoms with Crippen molar-refractivity contribution in [2.75, 3.05) is 5.32 Å². The fraction of sp³-hybridized carbons (Fsp3) is 0.188. The summed E-state index contributed by atoms with van der Waals surface area (Å²) < 4.78 is 13.4. The molecule has 0 bridgehead atoms. The summed E-state index contributed by atoms with van der Waals surface area (Å²) in [5.74, 6) is -0.552. The lowest BCUT2D eigenvalue weighted by molar-refractivity contribution is 0.102. The molecule has 0 spiro atoms. The highest BCUT2D eigenvalue weighted by Crippen LogP contribution is 2.16. The van der Waals surface area contributed by atoms with E-state index < -0.39 is 0 Å². The van der Waals surface area contributed by atoms with Gasteiger partial charge in [-0.1, -0.05) is 12.1 Å². The van der Waals surface area contributed by atoms with Crippen LogP contribution < -0.4 is 5.32 Å². The molecule has 1 amide bonds. The fourth-order valence-electron chi connectivity index (χ4n) is 1.76. The molecule has 0 unspecified atom stereocenters. The minimum atomic E-state index is -0.321. The van der Waals surface area contributed by atoms with Gasteiger partial charge in [-0.25, -0.2) is 4.39 Å². The Morgan fingerprint density at radius 1 is 0.947 bits per heavy atom. The average Bonchev–Trinajstić information content (AvgIpc) is 2.37. The number of aryl methyl sites for hydroxylation is 3. The molecule has 0 fully saturated rings. The number of benzene rings is 2. The number of halogens is 1. The van der Waals surface area contributed by atoms with Crippen molar-refractivity contribution in [3.05, 3.63) is 64.5 Å². The lowest BCUT2D eigenvalue weighted by Gasteiger charge is -2.08. The van der Waals surface area contributed by atoms with Crippen molar-refractivity contribution in [3.8, 4) is 0 Å². The van der Waals surface area contributed by atoms with E-state index in [4.69, 9.17) is 0 Å². The Balaban J connectivity index is 2.20. The summed E-state index contributed by atoms with van der Waals surface area (Å²) in [5.41, 5.74) is 3.79. The van der Waals surface area contributed by atoms with E-state index in [0.29, 0.717) is 16.8 Å². The van der Waals surface area contributed by atoms with Crippen LogP contribution in [0.4, 0.5) is 10.1 Å². The minimum absolute atomic E-state index is 0.230. The van der Waals surface area contributed by atoms with Crippen LogP contribution in [0.3, 0.4) is 0 Å². The quantitative estimate of drug-likeness (QED) is 0.865. The molecule has 2 rings (SSSR count). The zero-order chi connectivity index (χ0) is 14.0. The molecule has 98 valence electrons. The van der Waals surface area contributed by atoms with Gasteiger partial charge < -0.3 is 5.32 Å². The number of amides is 1. The van der Waals surface area contributed by atoms with Crippen molar-refractivity contribution in [3.63, 3.8) is 0 Å². The second-order valence-electron chi connectivity index (χ2n) is 4.72. The SMILES string of the molecule is Cc1ccc(C(=O)Nc2ccc(C)c(F)c2)cc1C. The van der Waals surface area contributed by atoms with E-state index in [2.05, 4.69) is 5.32 Å². The molecule has 0 aliphatic heterocycles. The first kappa shape index (κ1) is 13.3. The summed E-state index contributed by atoms with van der Waals surface area (Å²) >= 11 is 0. The van der Waals surface area contributed by atoms with E-state index in [1.165, 1.54) is 6.07 Å². The Bertz CT molecular complexity index is 635. The molecule has 2 aromatic rings. The smallest absolute Gasteiger partial charge is 0.255 e. The van der Waals surface area contributed by atoms with E-state index in [1.54, 1.807) is 25.1 Å². The van der Waals surface area contributed by atoms with Crippen LogP contribution >= 0.6 is 0 Å². The van der Waals surface area contributed by atoms with Crippen LogP contribution in [0, 0.1) is 26.6 Å². The van der Waals surface area contributed by atoms with Crippen LogP contribution in [-0.2, 0) is 0 Å². The molecule has 0 aromatic heterocycles. The molecule has 0 heterocycles. The summed E-state index contributed by atoms with van der Waals surface area (Å²) in [6.45, 7) is 5.63. The van der Waals surface area contributed by atoms with Gasteiger partial charge >= 0.3 is 0 Å². The van der Waals surface area contributed by atoms with Gasteiger partial charge in [-0.15, -0.1) is 0 Å². The zero-order valence-corrected chi connectivity index (χ0v) is 11.3. The number of hydrogen-bond donors (Lipinski definition) is 1. The summed E-state index contributed by atoms with van der Waals surface area (Å²) in [6.07, 6.45) is 0. The highest BCUT2D eigenvalue weighted by atomic mass is 19.1. The van der Waals surface area contributed by atoms with E-state index >= 15 is 0 Å². The van der Waals surface area contributed by atoms with Gasteiger partial charge in [0, 0.05) is 11.3 Å². The lowest BCUT2D eigenvalue weighted by atomic mass is 10.1. The van der Waals surface area contributed by atoms with E-state index in [1.807, 2.05) is 26.0 Å². The molecule has 3 heteroatoms. The maximum absolute atomic E-state index is 13.4. The molecular weight excluding hydrogens is 241 g/mol. The van der Waals surface area contributed by atoms with Crippen molar-refractivity contribution < 1.29 is 9.18 Å². The third kappa shape index (κ3) is 2.99. The van der Waals surface area contributed by atoms with Crippen molar-refractivity contribution >= 4 is 11.6 Å². The molecule has 1 N–H and O–H groups in total. The monoisotopic (exact) mass is 257 g/mol. The Kier molecular flexibility index (Phi) is 3.65. The van der Waals surface area contributed by atoms with Crippen LogP contribution in [0.2, 0.25) is 0 Å². The van der Waals surface area contributed by atoms with Crippen LogP contribution in [0.15, 0.2) is 36.4 Å². The molecule has 19 heavy (non-hydrogen) atoms. The second-order valence-corrected chi connectivity index (χ2v) is 4.72. The number of anilines is 1. The maximum atomic E-state index is 13.4. The summed E-state index contributed by atoms with van der Waals surface area (Å²) in [5, 5.41) is 2.69. The number of carbonyl (C=O) groups excluding carboxylic acids is 1. The molecule has 2 aromatic carbocycles. The van der Waals surface area contributed by atoms with Gasteiger partial charge in [0.2, 0.25) is 0 Å². The van der Waals surface area contributed by atoms with Gasteiger partial charge in [-0.05, 0) is 61.7 Å². The summed E-state index contributed by atoms with van der Waals surface area (Å²) in [4.78, 5) is 12.0. The summed E-state index contributed by atoms with van der Waals surface area (Å²) in [7, 11) is 0. The summed E-state index contributed by atoms with van der Waals surface area (Å²) in [6, 6.07) is 10.2. The third-order valence-corrected chi connectivity index (χ3v) is 3.20. The van der Waals surface area contributed by atoms with Crippen molar-refractivity contribution in [1.82, 2.24) is 0 Å². The van der Waals surface area contributed by atoms with E-state index in [9.17, 15) is 9.18 Å². The van der Waals surface area contributed by atoms with Crippen molar-refractivity contribution in [1.29, 1.82) is 0 Å². The molecule has 0 saturated carbocycles.